The predicted molar refractivity (Wildman–Crippen MR) is 272 cm³/mol. The Bertz CT molecular complexity index is 3650. The van der Waals surface area contributed by atoms with Crippen LogP contribution in [-0.2, 0) is 10.8 Å². The van der Waals surface area contributed by atoms with Crippen LogP contribution in [0.15, 0.2) is 194 Å². The molecule has 12 rings (SSSR count). The molecule has 0 amide bonds. The second-order valence-electron chi connectivity index (χ2n) is 19.1. The molecule has 0 saturated carbocycles. The molecule has 9 aromatic carbocycles. The first-order valence-electron chi connectivity index (χ1n) is 22.8. The zero-order valence-electron chi connectivity index (χ0n) is 37.2. The summed E-state index contributed by atoms with van der Waals surface area (Å²) in [6.07, 6.45) is 2.32. The van der Waals surface area contributed by atoms with Crippen molar-refractivity contribution < 1.29 is 0 Å². The van der Waals surface area contributed by atoms with Crippen molar-refractivity contribution >= 4 is 43.4 Å². The highest BCUT2D eigenvalue weighted by Gasteiger charge is 2.38. The lowest BCUT2D eigenvalue weighted by atomic mass is 9.63. The Hall–Kier alpha value is -7.69. The first-order valence-corrected chi connectivity index (χ1v) is 22.8. The number of benzene rings is 9. The minimum Gasteiger partial charge on any atom is -0.309 e. The van der Waals surface area contributed by atoms with Gasteiger partial charge in [-0.05, 0) is 121 Å². The summed E-state index contributed by atoms with van der Waals surface area (Å²) < 4.78 is 2.47. The number of hydrogen-bond donors (Lipinski definition) is 0. The Morgan fingerprint density at radius 3 is 1.71 bits per heavy atom. The Kier molecular flexibility index (Phi) is 8.96. The molecule has 65 heavy (non-hydrogen) atoms. The zero-order chi connectivity index (χ0) is 43.9. The van der Waals surface area contributed by atoms with Gasteiger partial charge in [0.05, 0.1) is 11.0 Å². The summed E-state index contributed by atoms with van der Waals surface area (Å²) in [7, 11) is 0. The molecule has 2 aromatic heterocycles. The molecule has 0 fully saturated rings. The third kappa shape index (κ3) is 6.54. The zero-order valence-corrected chi connectivity index (χ0v) is 37.2. The van der Waals surface area contributed by atoms with Crippen LogP contribution in [0.5, 0.6) is 0 Å². The maximum Gasteiger partial charge on any atom is 0.164 e. The van der Waals surface area contributed by atoms with E-state index >= 15 is 0 Å². The maximum atomic E-state index is 5.42. The molecule has 1 aliphatic carbocycles. The molecule has 1 aliphatic rings. The van der Waals surface area contributed by atoms with Crippen LogP contribution < -0.4 is 0 Å². The van der Waals surface area contributed by atoms with Gasteiger partial charge < -0.3 is 4.57 Å². The third-order valence-electron chi connectivity index (χ3n) is 14.1. The highest BCUT2D eigenvalue weighted by atomic mass is 15.0. The predicted octanol–water partition coefficient (Wildman–Crippen LogP) is 16.0. The largest absolute Gasteiger partial charge is 0.309 e. The normalized spacial score (nSPS) is 14.3. The van der Waals surface area contributed by atoms with Gasteiger partial charge in [-0.2, -0.15) is 0 Å². The van der Waals surface area contributed by atoms with Crippen LogP contribution in [-0.4, -0.2) is 19.5 Å². The molecule has 0 saturated heterocycles. The molecule has 4 heteroatoms. The van der Waals surface area contributed by atoms with E-state index in [1.807, 2.05) is 0 Å². The Balaban J connectivity index is 1.11. The van der Waals surface area contributed by atoms with Crippen molar-refractivity contribution in [2.24, 2.45) is 0 Å². The number of rotatable bonds is 6. The fraction of sp³-hybridized carbons (Fsp3) is 0.131. The van der Waals surface area contributed by atoms with E-state index in [4.69, 9.17) is 15.0 Å². The van der Waals surface area contributed by atoms with Gasteiger partial charge in [-0.3, -0.25) is 0 Å². The maximum absolute atomic E-state index is 5.42. The molecule has 0 atom stereocenters. The number of fused-ring (bicyclic) bond motifs is 7. The monoisotopic (exact) mass is 836 g/mol. The van der Waals surface area contributed by atoms with Crippen LogP contribution in [0.3, 0.4) is 0 Å². The summed E-state index contributed by atoms with van der Waals surface area (Å²) in [5.74, 6) is 1.89. The van der Waals surface area contributed by atoms with Gasteiger partial charge in [0, 0.05) is 33.2 Å². The van der Waals surface area contributed by atoms with Crippen molar-refractivity contribution in [1.29, 1.82) is 0 Å². The van der Waals surface area contributed by atoms with Gasteiger partial charge in [0.25, 0.3) is 0 Å². The third-order valence-corrected chi connectivity index (χ3v) is 14.1. The van der Waals surface area contributed by atoms with Crippen molar-refractivity contribution in [3.05, 3.63) is 205 Å². The number of hydrogen-bond acceptors (Lipinski definition) is 3. The standard InChI is InChI=1S/C61H48N4/c1-60(2)33-34-61(3,4)53-38-55-51(37-52(53)60)56-47-27-14-12-22-42(47)30-32-54(56)65(55)45-25-15-24-44(35-45)57-62-58(48-28-16-23-40-21-11-13-26-46(40)48)64-59(63-57)49-31-29-43(39-17-7-5-8-18-39)36-50(49)41-19-9-6-10-20-41/h5-32,35-38H,33-34H2,1-4H3. The number of aromatic nitrogens is 4. The van der Waals surface area contributed by atoms with Crippen molar-refractivity contribution in [2.75, 3.05) is 0 Å². The molecular formula is C61H48N4. The SMILES string of the molecule is CC1(C)CCC(C)(C)c2cc3c(cc21)c1c2ccccc2ccc1n3-c1cccc(-c2nc(-c3ccc(-c4ccccc4)cc3-c3ccccc3)nc(-c3cccc4ccccc34)n2)c1. The van der Waals surface area contributed by atoms with Gasteiger partial charge in [0.15, 0.2) is 17.5 Å². The lowest BCUT2D eigenvalue weighted by Crippen LogP contribution is -2.33. The molecule has 4 nitrogen and oxygen atoms in total. The van der Waals surface area contributed by atoms with E-state index in [1.54, 1.807) is 0 Å². The lowest BCUT2D eigenvalue weighted by Gasteiger charge is -2.42. The van der Waals surface area contributed by atoms with Crippen LogP contribution in [0.25, 0.3) is 105 Å². The minimum absolute atomic E-state index is 0.0570. The van der Waals surface area contributed by atoms with Crippen molar-refractivity contribution in [1.82, 2.24) is 19.5 Å². The molecule has 312 valence electrons. The summed E-state index contributed by atoms with van der Waals surface area (Å²) >= 11 is 0. The van der Waals surface area contributed by atoms with E-state index in [1.165, 1.54) is 50.1 Å². The molecule has 0 aliphatic heterocycles. The highest BCUT2D eigenvalue weighted by Crippen LogP contribution is 2.49. The van der Waals surface area contributed by atoms with Gasteiger partial charge in [-0.25, -0.2) is 15.0 Å². The van der Waals surface area contributed by atoms with E-state index in [-0.39, 0.29) is 10.8 Å². The second kappa shape index (κ2) is 15.0. The fourth-order valence-electron chi connectivity index (χ4n) is 10.5. The molecule has 0 bridgehead atoms. The summed E-state index contributed by atoms with van der Waals surface area (Å²) in [4.78, 5) is 16.1. The summed E-state index contributed by atoms with van der Waals surface area (Å²) in [5, 5.41) is 7.34. The average molecular weight is 837 g/mol. The van der Waals surface area contributed by atoms with Crippen LogP contribution in [0.2, 0.25) is 0 Å². The fourth-order valence-corrected chi connectivity index (χ4v) is 10.5. The summed E-state index contributed by atoms with van der Waals surface area (Å²) in [5.41, 5.74) is 13.8. The minimum atomic E-state index is 0.0570. The first kappa shape index (κ1) is 38.9. The second-order valence-corrected chi connectivity index (χ2v) is 19.1. The Labute approximate surface area is 379 Å². The van der Waals surface area contributed by atoms with Crippen molar-refractivity contribution in [2.45, 2.75) is 51.4 Å². The first-order chi connectivity index (χ1) is 31.7. The highest BCUT2D eigenvalue weighted by molar-refractivity contribution is 6.21. The van der Waals surface area contributed by atoms with Gasteiger partial charge in [-0.15, -0.1) is 0 Å². The van der Waals surface area contributed by atoms with E-state index < -0.39 is 0 Å². The van der Waals surface area contributed by atoms with Crippen molar-refractivity contribution in [3.63, 3.8) is 0 Å². The average Bonchev–Trinajstić information content (AvgIpc) is 3.69. The Morgan fingerprint density at radius 1 is 0.369 bits per heavy atom. The lowest BCUT2D eigenvalue weighted by molar-refractivity contribution is 0.332. The van der Waals surface area contributed by atoms with E-state index in [0.717, 1.165) is 61.8 Å². The molecule has 0 N–H and O–H groups in total. The van der Waals surface area contributed by atoms with Crippen LogP contribution >= 0.6 is 0 Å². The van der Waals surface area contributed by atoms with Crippen molar-refractivity contribution in [3.8, 4) is 62.1 Å². The number of nitrogens with zero attached hydrogens (tertiary/aromatic N) is 4. The Morgan fingerprint density at radius 2 is 0.954 bits per heavy atom. The summed E-state index contributed by atoms with van der Waals surface area (Å²) in [6.45, 7) is 9.67. The molecule has 2 heterocycles. The molecule has 0 spiro atoms. The van der Waals surface area contributed by atoms with Gasteiger partial charge in [0.2, 0.25) is 0 Å². The van der Waals surface area contributed by atoms with Gasteiger partial charge in [0.1, 0.15) is 0 Å². The molecular weight excluding hydrogens is 789 g/mol. The molecule has 11 aromatic rings. The van der Waals surface area contributed by atoms with E-state index in [9.17, 15) is 0 Å². The van der Waals surface area contributed by atoms with Crippen LogP contribution in [0.4, 0.5) is 0 Å². The van der Waals surface area contributed by atoms with E-state index in [0.29, 0.717) is 17.5 Å². The van der Waals surface area contributed by atoms with Gasteiger partial charge >= 0.3 is 0 Å². The van der Waals surface area contributed by atoms with E-state index in [2.05, 4.69) is 226 Å². The van der Waals surface area contributed by atoms with Gasteiger partial charge in [-0.1, -0.05) is 179 Å². The van der Waals surface area contributed by atoms with Crippen LogP contribution in [0, 0.1) is 0 Å². The topological polar surface area (TPSA) is 43.6 Å². The summed E-state index contributed by atoms with van der Waals surface area (Å²) in [6, 6.07) is 69.9. The van der Waals surface area contributed by atoms with Crippen LogP contribution in [0.1, 0.15) is 51.7 Å². The molecule has 0 unspecified atom stereocenters. The molecule has 0 radical (unpaired) electrons. The quantitative estimate of drug-likeness (QED) is 0.168. The smallest absolute Gasteiger partial charge is 0.164 e.